The summed E-state index contributed by atoms with van der Waals surface area (Å²) in [5.74, 6) is -2.88. The molecule has 24 heavy (non-hydrogen) atoms. The van der Waals surface area contributed by atoms with Crippen LogP contribution >= 0.6 is 22.9 Å². The number of halogens is 3. The number of amides is 1. The molecule has 3 rings (SSSR count). The Morgan fingerprint density at radius 1 is 1.17 bits per heavy atom. The summed E-state index contributed by atoms with van der Waals surface area (Å²) in [5.41, 5.74) is 1.60. The van der Waals surface area contributed by atoms with Gasteiger partial charge < -0.3 is 0 Å². The zero-order chi connectivity index (χ0) is 17.3. The number of aromatic nitrogens is 1. The van der Waals surface area contributed by atoms with Gasteiger partial charge in [0.1, 0.15) is 0 Å². The third-order valence-corrected chi connectivity index (χ3v) is 4.74. The molecule has 1 aromatic heterocycles. The van der Waals surface area contributed by atoms with Crippen molar-refractivity contribution >= 4 is 34.0 Å². The Hall–Kier alpha value is -2.31. The Kier molecular flexibility index (Phi) is 4.59. The van der Waals surface area contributed by atoms with Gasteiger partial charge in [-0.25, -0.2) is 13.8 Å². The minimum atomic E-state index is -1.13. The highest BCUT2D eigenvalue weighted by molar-refractivity contribution is 7.19. The van der Waals surface area contributed by atoms with Gasteiger partial charge in [-0.3, -0.25) is 10.1 Å². The molecule has 0 spiro atoms. The van der Waals surface area contributed by atoms with Crippen LogP contribution in [-0.2, 0) is 0 Å². The average Bonchev–Trinajstić information content (AvgIpc) is 2.92. The number of carbonyl (C=O) groups is 1. The lowest BCUT2D eigenvalue weighted by Crippen LogP contribution is -2.13. The van der Waals surface area contributed by atoms with Crippen LogP contribution in [0, 0.1) is 18.6 Å². The van der Waals surface area contributed by atoms with Gasteiger partial charge in [0.25, 0.3) is 5.91 Å². The lowest BCUT2D eigenvalue weighted by molar-refractivity contribution is 0.102. The van der Waals surface area contributed by atoms with E-state index < -0.39 is 17.5 Å². The van der Waals surface area contributed by atoms with Gasteiger partial charge in [-0.15, -0.1) is 0 Å². The number of hydrogen-bond donors (Lipinski definition) is 1. The molecule has 1 N–H and O–H groups in total. The van der Waals surface area contributed by atoms with E-state index in [9.17, 15) is 13.6 Å². The fraction of sp³-hybridized carbons (Fsp3) is 0.0588. The first kappa shape index (κ1) is 16.5. The zero-order valence-corrected chi connectivity index (χ0v) is 14.0. The highest BCUT2D eigenvalue weighted by Gasteiger charge is 2.17. The first-order valence-corrected chi connectivity index (χ1v) is 8.14. The van der Waals surface area contributed by atoms with E-state index in [1.54, 1.807) is 0 Å². The van der Waals surface area contributed by atoms with Crippen molar-refractivity contribution in [1.29, 1.82) is 0 Å². The maximum atomic E-state index is 13.3. The van der Waals surface area contributed by atoms with Crippen LogP contribution in [0.4, 0.5) is 13.9 Å². The summed E-state index contributed by atoms with van der Waals surface area (Å²) in [6.45, 7) is 1.83. The normalized spacial score (nSPS) is 10.7. The molecule has 1 heterocycles. The number of anilines is 1. The van der Waals surface area contributed by atoms with E-state index in [0.29, 0.717) is 5.13 Å². The van der Waals surface area contributed by atoms with Crippen LogP contribution in [0.25, 0.3) is 10.4 Å². The monoisotopic (exact) mass is 364 g/mol. The van der Waals surface area contributed by atoms with Crippen molar-refractivity contribution in [3.05, 3.63) is 70.4 Å². The van der Waals surface area contributed by atoms with Crippen LogP contribution in [0.5, 0.6) is 0 Å². The molecule has 0 aliphatic heterocycles. The minimum Gasteiger partial charge on any atom is -0.298 e. The molecular weight excluding hydrogens is 354 g/mol. The van der Waals surface area contributed by atoms with Gasteiger partial charge in [0.2, 0.25) is 0 Å². The van der Waals surface area contributed by atoms with E-state index in [1.807, 2.05) is 37.3 Å². The van der Waals surface area contributed by atoms with Gasteiger partial charge in [0.05, 0.1) is 21.2 Å². The van der Waals surface area contributed by atoms with Gasteiger partial charge in [-0.1, -0.05) is 53.3 Å². The Bertz CT molecular complexity index is 912. The molecule has 122 valence electrons. The predicted octanol–water partition coefficient (Wildman–Crippen LogP) is 5.30. The Balaban J connectivity index is 1.87. The highest BCUT2D eigenvalue weighted by Crippen LogP contribution is 2.33. The third kappa shape index (κ3) is 3.29. The maximum absolute atomic E-state index is 13.3. The number of nitrogens with zero attached hydrogens (tertiary/aromatic N) is 1. The molecule has 0 unspecified atom stereocenters. The number of benzene rings is 2. The first-order chi connectivity index (χ1) is 11.5. The summed E-state index contributed by atoms with van der Waals surface area (Å²) in [6, 6.07) is 11.2. The molecule has 0 saturated carbocycles. The minimum absolute atomic E-state index is 0.148. The van der Waals surface area contributed by atoms with Crippen molar-refractivity contribution in [2.45, 2.75) is 6.92 Å². The fourth-order valence-electron chi connectivity index (χ4n) is 2.17. The smallest absolute Gasteiger partial charge is 0.259 e. The van der Waals surface area contributed by atoms with E-state index in [4.69, 9.17) is 11.6 Å². The second kappa shape index (κ2) is 6.67. The molecule has 0 aliphatic carbocycles. The van der Waals surface area contributed by atoms with Crippen LogP contribution < -0.4 is 5.32 Å². The van der Waals surface area contributed by atoms with Crippen molar-refractivity contribution in [2.24, 2.45) is 0 Å². The third-order valence-electron chi connectivity index (χ3n) is 3.31. The molecule has 3 nitrogen and oxygen atoms in total. The number of rotatable bonds is 3. The lowest BCUT2D eigenvalue weighted by Gasteiger charge is -2.04. The number of thiazole rings is 1. The van der Waals surface area contributed by atoms with Gasteiger partial charge in [-0.2, -0.15) is 0 Å². The van der Waals surface area contributed by atoms with Crippen molar-refractivity contribution in [2.75, 3.05) is 5.32 Å². The van der Waals surface area contributed by atoms with E-state index in [-0.39, 0.29) is 10.6 Å². The Morgan fingerprint density at radius 3 is 2.54 bits per heavy atom. The molecule has 1 amide bonds. The van der Waals surface area contributed by atoms with Crippen LogP contribution in [0.1, 0.15) is 16.1 Å². The summed E-state index contributed by atoms with van der Waals surface area (Å²) >= 11 is 7.11. The van der Waals surface area contributed by atoms with E-state index in [0.717, 1.165) is 28.3 Å². The average molecular weight is 365 g/mol. The standard InChI is InChI=1S/C17H11ClF2N2OS/c1-9-15(10-5-3-2-4-6-10)24-17(21-9)22-16(23)11-7-13(19)14(20)8-12(11)18/h2-8H,1H3,(H,21,22,23). The number of hydrogen-bond acceptors (Lipinski definition) is 3. The summed E-state index contributed by atoms with van der Waals surface area (Å²) in [6.07, 6.45) is 0. The molecule has 0 fully saturated rings. The van der Waals surface area contributed by atoms with Gasteiger partial charge in [0.15, 0.2) is 16.8 Å². The van der Waals surface area contributed by atoms with Crippen molar-refractivity contribution in [3.63, 3.8) is 0 Å². The SMILES string of the molecule is Cc1nc(NC(=O)c2cc(F)c(F)cc2Cl)sc1-c1ccccc1. The molecule has 0 bridgehead atoms. The van der Waals surface area contributed by atoms with Crippen molar-refractivity contribution in [3.8, 4) is 10.4 Å². The highest BCUT2D eigenvalue weighted by atomic mass is 35.5. The largest absolute Gasteiger partial charge is 0.298 e. The quantitative estimate of drug-likeness (QED) is 0.640. The number of nitrogens with one attached hydrogen (secondary N) is 1. The van der Waals surface area contributed by atoms with Crippen LogP contribution in [0.3, 0.4) is 0 Å². The molecule has 0 radical (unpaired) electrons. The van der Waals surface area contributed by atoms with Crippen molar-refractivity contribution < 1.29 is 13.6 Å². The molecule has 0 saturated heterocycles. The number of carbonyl (C=O) groups excluding carboxylic acids is 1. The molecular formula is C17H11ClF2N2OS. The lowest BCUT2D eigenvalue weighted by atomic mass is 10.2. The topological polar surface area (TPSA) is 42.0 Å². The van der Waals surface area contributed by atoms with Gasteiger partial charge in [-0.05, 0) is 24.6 Å². The summed E-state index contributed by atoms with van der Waals surface area (Å²) in [7, 11) is 0. The molecule has 3 aromatic rings. The van der Waals surface area contributed by atoms with Crippen LogP contribution in [-0.4, -0.2) is 10.9 Å². The summed E-state index contributed by atoms with van der Waals surface area (Å²) in [5, 5.41) is 2.77. The maximum Gasteiger partial charge on any atom is 0.259 e. The summed E-state index contributed by atoms with van der Waals surface area (Å²) in [4.78, 5) is 17.5. The van der Waals surface area contributed by atoms with Crippen LogP contribution in [0.2, 0.25) is 5.02 Å². The van der Waals surface area contributed by atoms with Crippen LogP contribution in [0.15, 0.2) is 42.5 Å². The second-order valence-corrected chi connectivity index (χ2v) is 6.41. The van der Waals surface area contributed by atoms with Gasteiger partial charge >= 0.3 is 0 Å². The first-order valence-electron chi connectivity index (χ1n) is 6.94. The molecule has 0 atom stereocenters. The van der Waals surface area contributed by atoms with Gasteiger partial charge in [0, 0.05) is 0 Å². The number of aryl methyl sites for hydroxylation is 1. The predicted molar refractivity (Wildman–Crippen MR) is 91.6 cm³/mol. The second-order valence-electron chi connectivity index (χ2n) is 5.00. The van der Waals surface area contributed by atoms with E-state index in [1.165, 1.54) is 11.3 Å². The summed E-state index contributed by atoms with van der Waals surface area (Å²) < 4.78 is 26.4. The molecule has 7 heteroatoms. The van der Waals surface area contributed by atoms with Crippen molar-refractivity contribution in [1.82, 2.24) is 4.98 Å². The zero-order valence-electron chi connectivity index (χ0n) is 12.4. The molecule has 2 aromatic carbocycles. The Labute approximate surface area is 145 Å². The van der Waals surface area contributed by atoms with E-state index >= 15 is 0 Å². The fourth-order valence-corrected chi connectivity index (χ4v) is 3.37. The molecule has 0 aliphatic rings. The van der Waals surface area contributed by atoms with E-state index in [2.05, 4.69) is 10.3 Å². The Morgan fingerprint density at radius 2 is 1.83 bits per heavy atom.